The molecule has 0 bridgehead atoms. The summed E-state index contributed by atoms with van der Waals surface area (Å²) in [5.41, 5.74) is 1.49. The summed E-state index contributed by atoms with van der Waals surface area (Å²) >= 11 is 2.10. The van der Waals surface area contributed by atoms with Crippen LogP contribution in [-0.4, -0.2) is 46.9 Å². The summed E-state index contributed by atoms with van der Waals surface area (Å²) < 4.78 is 18.4. The van der Waals surface area contributed by atoms with Crippen LogP contribution in [0.4, 0.5) is 4.39 Å². The number of piperidine rings is 1. The Morgan fingerprint density at radius 3 is 3.00 bits per heavy atom. The zero-order valence-electron chi connectivity index (χ0n) is 13.2. The van der Waals surface area contributed by atoms with E-state index in [1.165, 1.54) is 43.8 Å². The fraction of sp³-hybridized carbons (Fsp3) is 0.588. The molecule has 3 heterocycles. The molecule has 2 saturated heterocycles. The van der Waals surface area contributed by atoms with Crippen LogP contribution in [-0.2, 0) is 6.42 Å². The zero-order valence-corrected chi connectivity index (χ0v) is 14.0. The van der Waals surface area contributed by atoms with Crippen molar-refractivity contribution in [1.29, 1.82) is 0 Å². The van der Waals surface area contributed by atoms with Crippen LogP contribution in [0, 0.1) is 5.82 Å². The third-order valence-electron chi connectivity index (χ3n) is 4.99. The predicted molar refractivity (Wildman–Crippen MR) is 91.2 cm³/mol. The number of benzene rings is 1. The highest BCUT2D eigenvalue weighted by Gasteiger charge is 2.37. The molecule has 2 aliphatic rings. The average molecular weight is 335 g/mol. The molecule has 0 unspecified atom stereocenters. The van der Waals surface area contributed by atoms with Gasteiger partial charge in [0, 0.05) is 36.8 Å². The monoisotopic (exact) mass is 335 g/mol. The van der Waals surface area contributed by atoms with E-state index in [9.17, 15) is 4.39 Å². The maximum Gasteiger partial charge on any atom is 0.170 e. The third-order valence-corrected chi connectivity index (χ3v) is 6.50. The Balaban J connectivity index is 1.28. The van der Waals surface area contributed by atoms with Gasteiger partial charge in [-0.15, -0.1) is 11.8 Å². The Hall–Kier alpha value is -1.11. The number of fused-ring (bicyclic) bond motifs is 1. The van der Waals surface area contributed by atoms with E-state index in [0.29, 0.717) is 10.5 Å². The first-order valence-corrected chi connectivity index (χ1v) is 9.38. The molecular formula is C17H22FN3OS. The molecule has 0 aliphatic carbocycles. The first-order valence-electron chi connectivity index (χ1n) is 8.39. The second-order valence-electron chi connectivity index (χ2n) is 6.48. The van der Waals surface area contributed by atoms with E-state index >= 15 is 0 Å². The molecule has 23 heavy (non-hydrogen) atoms. The molecule has 124 valence electrons. The molecule has 1 aromatic heterocycles. The zero-order chi connectivity index (χ0) is 15.7. The minimum absolute atomic E-state index is 0.277. The van der Waals surface area contributed by atoms with Gasteiger partial charge in [0.1, 0.15) is 5.82 Å². The van der Waals surface area contributed by atoms with Crippen molar-refractivity contribution in [2.45, 2.75) is 30.6 Å². The van der Waals surface area contributed by atoms with Crippen molar-refractivity contribution in [1.82, 2.24) is 15.4 Å². The van der Waals surface area contributed by atoms with Gasteiger partial charge in [0.15, 0.2) is 5.58 Å². The number of thioether (sulfide) groups is 1. The highest BCUT2D eigenvalue weighted by Crippen LogP contribution is 2.36. The molecule has 0 atom stereocenters. The van der Waals surface area contributed by atoms with Gasteiger partial charge in [-0.25, -0.2) is 4.39 Å². The minimum Gasteiger partial charge on any atom is -0.356 e. The number of likely N-dealkylation sites (tertiary alicyclic amines) is 1. The van der Waals surface area contributed by atoms with Gasteiger partial charge >= 0.3 is 0 Å². The number of hydrogen-bond acceptors (Lipinski definition) is 5. The van der Waals surface area contributed by atoms with Gasteiger partial charge in [-0.2, -0.15) is 0 Å². The molecule has 1 spiro atoms. The smallest absolute Gasteiger partial charge is 0.170 e. The first-order chi connectivity index (χ1) is 11.2. The second kappa shape index (κ2) is 6.42. The van der Waals surface area contributed by atoms with Crippen LogP contribution < -0.4 is 5.32 Å². The molecule has 6 heteroatoms. The Bertz CT molecular complexity index is 674. The van der Waals surface area contributed by atoms with Crippen LogP contribution in [0.2, 0.25) is 0 Å². The topological polar surface area (TPSA) is 41.3 Å². The molecule has 4 nitrogen and oxygen atoms in total. The highest BCUT2D eigenvalue weighted by atomic mass is 32.2. The van der Waals surface area contributed by atoms with Crippen molar-refractivity contribution in [2.75, 3.05) is 31.9 Å². The SMILES string of the molecule is Fc1ccc2c(CCCN3CCC4(CC3)NCCS4)noc2c1. The number of aromatic nitrogens is 1. The van der Waals surface area contributed by atoms with Crippen LogP contribution in [0.3, 0.4) is 0 Å². The Kier molecular flexibility index (Phi) is 4.30. The molecule has 2 aromatic rings. The number of nitrogens with one attached hydrogen (secondary N) is 1. The lowest BCUT2D eigenvalue weighted by Crippen LogP contribution is -2.48. The molecule has 4 rings (SSSR count). The number of nitrogens with zero attached hydrogens (tertiary/aromatic N) is 2. The van der Waals surface area contributed by atoms with Crippen LogP contribution in [0.25, 0.3) is 11.0 Å². The summed E-state index contributed by atoms with van der Waals surface area (Å²) in [6, 6.07) is 4.64. The first kappa shape index (κ1) is 15.4. The lowest BCUT2D eigenvalue weighted by atomic mass is 10.0. The van der Waals surface area contributed by atoms with Gasteiger partial charge in [-0.1, -0.05) is 5.16 Å². The maximum atomic E-state index is 13.2. The van der Waals surface area contributed by atoms with Crippen molar-refractivity contribution in [3.8, 4) is 0 Å². The molecule has 0 saturated carbocycles. The van der Waals surface area contributed by atoms with Crippen LogP contribution in [0.5, 0.6) is 0 Å². The molecule has 0 amide bonds. The average Bonchev–Trinajstić information content (AvgIpc) is 3.17. The molecular weight excluding hydrogens is 313 g/mol. The summed E-state index contributed by atoms with van der Waals surface area (Å²) in [6.07, 6.45) is 4.42. The van der Waals surface area contributed by atoms with E-state index < -0.39 is 0 Å². The van der Waals surface area contributed by atoms with Crippen LogP contribution in [0.1, 0.15) is 25.0 Å². The molecule has 2 fully saturated rings. The summed E-state index contributed by atoms with van der Waals surface area (Å²) in [5, 5.41) is 8.72. The minimum atomic E-state index is -0.277. The molecule has 2 aliphatic heterocycles. The highest BCUT2D eigenvalue weighted by molar-refractivity contribution is 8.00. The van der Waals surface area contributed by atoms with E-state index in [1.807, 2.05) is 0 Å². The van der Waals surface area contributed by atoms with Gasteiger partial charge in [0.2, 0.25) is 0 Å². The van der Waals surface area contributed by atoms with E-state index in [4.69, 9.17) is 4.52 Å². The van der Waals surface area contributed by atoms with Gasteiger partial charge in [0.25, 0.3) is 0 Å². The van der Waals surface area contributed by atoms with Crippen molar-refractivity contribution in [3.05, 3.63) is 29.7 Å². The molecule has 1 aromatic carbocycles. The molecule has 0 radical (unpaired) electrons. The van der Waals surface area contributed by atoms with E-state index in [1.54, 1.807) is 6.07 Å². The lowest BCUT2D eigenvalue weighted by molar-refractivity contribution is 0.187. The van der Waals surface area contributed by atoms with Gasteiger partial charge in [-0.05, 0) is 44.4 Å². The summed E-state index contributed by atoms with van der Waals surface area (Å²) in [7, 11) is 0. The number of rotatable bonds is 4. The summed E-state index contributed by atoms with van der Waals surface area (Å²) in [6.45, 7) is 4.59. The summed E-state index contributed by atoms with van der Waals surface area (Å²) in [5.74, 6) is 0.973. The van der Waals surface area contributed by atoms with Crippen molar-refractivity contribution >= 4 is 22.7 Å². The summed E-state index contributed by atoms with van der Waals surface area (Å²) in [4.78, 5) is 2.91. The van der Waals surface area contributed by atoms with Crippen molar-refractivity contribution in [3.63, 3.8) is 0 Å². The third kappa shape index (κ3) is 3.25. The normalized spacial score (nSPS) is 21.4. The Morgan fingerprint density at radius 2 is 2.22 bits per heavy atom. The maximum absolute atomic E-state index is 13.2. The van der Waals surface area contributed by atoms with Gasteiger partial charge in [0.05, 0.1) is 10.6 Å². The van der Waals surface area contributed by atoms with Crippen LogP contribution >= 0.6 is 11.8 Å². The number of aryl methyl sites for hydroxylation is 1. The van der Waals surface area contributed by atoms with Gasteiger partial charge in [-0.3, -0.25) is 0 Å². The van der Waals surface area contributed by atoms with E-state index in [2.05, 4.69) is 27.1 Å². The van der Waals surface area contributed by atoms with E-state index in [0.717, 1.165) is 37.0 Å². The number of halogens is 1. The quantitative estimate of drug-likeness (QED) is 0.930. The fourth-order valence-corrected chi connectivity index (χ4v) is 4.92. The van der Waals surface area contributed by atoms with Crippen molar-refractivity contribution < 1.29 is 8.91 Å². The largest absolute Gasteiger partial charge is 0.356 e. The lowest BCUT2D eigenvalue weighted by Gasteiger charge is -2.38. The fourth-order valence-electron chi connectivity index (χ4n) is 3.65. The predicted octanol–water partition coefficient (Wildman–Crippen LogP) is 3.03. The van der Waals surface area contributed by atoms with Crippen LogP contribution in [0.15, 0.2) is 22.7 Å². The second-order valence-corrected chi connectivity index (χ2v) is 7.96. The van der Waals surface area contributed by atoms with E-state index in [-0.39, 0.29) is 5.82 Å². The van der Waals surface area contributed by atoms with Crippen molar-refractivity contribution in [2.24, 2.45) is 0 Å². The number of hydrogen-bond donors (Lipinski definition) is 1. The molecule has 1 N–H and O–H groups in total. The van der Waals surface area contributed by atoms with Gasteiger partial charge < -0.3 is 14.7 Å². The standard InChI is InChI=1S/C17H22FN3OS/c18-13-3-4-14-15(20-22-16(14)12-13)2-1-8-21-9-5-17(6-10-21)19-7-11-23-17/h3-4,12,19H,1-2,5-11H2. The Morgan fingerprint density at radius 1 is 1.35 bits per heavy atom. The Labute approximate surface area is 139 Å².